The minimum Gasteiger partial charge on any atom is -0.377 e. The molecule has 0 radical (unpaired) electrons. The molecule has 0 saturated carbocycles. The Kier molecular flexibility index (Phi) is 7.78. The molecule has 1 atom stereocenters. The van der Waals surface area contributed by atoms with E-state index in [2.05, 4.69) is 45.6 Å². The van der Waals surface area contributed by atoms with Gasteiger partial charge in [-0.25, -0.2) is 9.67 Å². The number of methoxy groups -OCH3 is 1. The number of aromatic nitrogens is 3. The molecule has 9 heteroatoms. The van der Waals surface area contributed by atoms with Crippen LogP contribution in [0.3, 0.4) is 0 Å². The van der Waals surface area contributed by atoms with Crippen molar-refractivity contribution < 1.29 is 4.74 Å². The van der Waals surface area contributed by atoms with Crippen molar-refractivity contribution in [2.45, 2.75) is 71.7 Å². The normalized spacial score (nSPS) is 20.1. The number of rotatable bonds is 5. The molecule has 166 valence electrons. The second-order valence-corrected chi connectivity index (χ2v) is 10.1. The summed E-state index contributed by atoms with van der Waals surface area (Å²) in [5, 5.41) is 11.6. The van der Waals surface area contributed by atoms with E-state index in [0.29, 0.717) is 18.1 Å². The van der Waals surface area contributed by atoms with Crippen molar-refractivity contribution in [2.24, 2.45) is 10.4 Å². The number of fused-ring (bicyclic) bond motifs is 2. The third-order valence-corrected chi connectivity index (χ3v) is 7.05. The number of ether oxygens (including phenoxy) is 1. The highest BCUT2D eigenvalue weighted by atomic mass is 127. The highest BCUT2D eigenvalue weighted by Gasteiger charge is 2.27. The summed E-state index contributed by atoms with van der Waals surface area (Å²) in [7, 11) is 3.50. The van der Waals surface area contributed by atoms with Gasteiger partial charge in [0.15, 0.2) is 11.8 Å². The Labute approximate surface area is 200 Å². The maximum atomic E-state index is 5.15. The fraction of sp³-hybridized carbons (Fsp3) is 0.667. The lowest BCUT2D eigenvalue weighted by atomic mass is 9.77. The number of thiophene rings is 1. The average Bonchev–Trinajstić information content (AvgIpc) is 3.26. The summed E-state index contributed by atoms with van der Waals surface area (Å²) in [5.41, 5.74) is 1.98. The van der Waals surface area contributed by atoms with E-state index in [-0.39, 0.29) is 24.0 Å². The number of nitrogens with zero attached hydrogens (tertiary/aromatic N) is 4. The van der Waals surface area contributed by atoms with Crippen LogP contribution in [0.15, 0.2) is 11.1 Å². The first kappa shape index (κ1) is 23.5. The van der Waals surface area contributed by atoms with Gasteiger partial charge in [0.2, 0.25) is 0 Å². The van der Waals surface area contributed by atoms with Gasteiger partial charge in [0.05, 0.1) is 13.1 Å². The summed E-state index contributed by atoms with van der Waals surface area (Å²) in [4.78, 5) is 11.9. The second-order valence-electron chi connectivity index (χ2n) is 8.87. The molecule has 0 spiro atoms. The number of halogens is 1. The van der Waals surface area contributed by atoms with Crippen molar-refractivity contribution in [3.63, 3.8) is 0 Å². The zero-order valence-corrected chi connectivity index (χ0v) is 21.5. The van der Waals surface area contributed by atoms with Crippen molar-refractivity contribution in [3.05, 3.63) is 33.0 Å². The van der Waals surface area contributed by atoms with E-state index in [1.54, 1.807) is 17.6 Å². The van der Waals surface area contributed by atoms with Crippen molar-refractivity contribution in [1.82, 2.24) is 25.4 Å². The van der Waals surface area contributed by atoms with Crippen LogP contribution in [0.25, 0.3) is 0 Å². The maximum absolute atomic E-state index is 5.15. The standard InChI is InChI=1S/C21H32N6OS.HI/c1-21(2)8-7-17-14(10-21)9-16(29-17)11-23-20(22-3)24-15-5-6-19-25-18(13-28-4)26-27(19)12-15;/h9,15H,5-8,10-13H2,1-4H3,(H2,22,23,24);1H. The van der Waals surface area contributed by atoms with Gasteiger partial charge in [-0.3, -0.25) is 4.99 Å². The number of hydrogen-bond acceptors (Lipinski definition) is 5. The summed E-state index contributed by atoms with van der Waals surface area (Å²) >= 11 is 1.95. The summed E-state index contributed by atoms with van der Waals surface area (Å²) in [5.74, 6) is 2.66. The van der Waals surface area contributed by atoms with E-state index in [1.807, 2.05) is 23.1 Å². The molecular weight excluding hydrogens is 511 g/mol. The molecule has 2 aromatic rings. The van der Waals surface area contributed by atoms with Crippen molar-refractivity contribution in [2.75, 3.05) is 14.2 Å². The van der Waals surface area contributed by atoms with Gasteiger partial charge >= 0.3 is 0 Å². The molecule has 0 saturated heterocycles. The lowest BCUT2D eigenvalue weighted by Crippen LogP contribution is -2.46. The highest BCUT2D eigenvalue weighted by Crippen LogP contribution is 2.38. The van der Waals surface area contributed by atoms with Crippen LogP contribution in [0.5, 0.6) is 0 Å². The smallest absolute Gasteiger partial charge is 0.191 e. The zero-order chi connectivity index (χ0) is 20.4. The van der Waals surface area contributed by atoms with Gasteiger partial charge in [-0.2, -0.15) is 5.10 Å². The van der Waals surface area contributed by atoms with E-state index >= 15 is 0 Å². The van der Waals surface area contributed by atoms with Crippen LogP contribution in [0.1, 0.15) is 53.7 Å². The molecule has 2 aromatic heterocycles. The molecule has 0 bridgehead atoms. The number of guanidine groups is 1. The number of aryl methyl sites for hydroxylation is 2. The SMILES string of the molecule is CN=C(NCc1cc2c(s1)CCC(C)(C)C2)NC1CCc2nc(COC)nn2C1.I. The minimum absolute atomic E-state index is 0. The molecule has 0 fully saturated rings. The van der Waals surface area contributed by atoms with Gasteiger partial charge in [0.25, 0.3) is 0 Å². The molecule has 3 heterocycles. The van der Waals surface area contributed by atoms with Crippen LogP contribution < -0.4 is 10.6 Å². The van der Waals surface area contributed by atoms with E-state index in [1.165, 1.54) is 24.1 Å². The van der Waals surface area contributed by atoms with Gasteiger partial charge in [-0.15, -0.1) is 35.3 Å². The third kappa shape index (κ3) is 5.53. The van der Waals surface area contributed by atoms with E-state index < -0.39 is 0 Å². The molecule has 0 aromatic carbocycles. The number of nitrogens with one attached hydrogen (secondary N) is 2. The Bertz CT molecular complexity index is 890. The molecule has 1 aliphatic heterocycles. The van der Waals surface area contributed by atoms with Crippen molar-refractivity contribution in [3.8, 4) is 0 Å². The Morgan fingerprint density at radius 2 is 2.23 bits per heavy atom. The zero-order valence-electron chi connectivity index (χ0n) is 18.3. The summed E-state index contributed by atoms with van der Waals surface area (Å²) in [6.45, 7) is 6.83. The topological polar surface area (TPSA) is 76.4 Å². The predicted molar refractivity (Wildman–Crippen MR) is 132 cm³/mol. The summed E-state index contributed by atoms with van der Waals surface area (Å²) in [6.07, 6.45) is 5.63. The van der Waals surface area contributed by atoms with Crippen LogP contribution in [-0.4, -0.2) is 40.9 Å². The molecule has 7 nitrogen and oxygen atoms in total. The highest BCUT2D eigenvalue weighted by molar-refractivity contribution is 14.0. The van der Waals surface area contributed by atoms with Crippen LogP contribution in [0.4, 0.5) is 0 Å². The molecule has 0 amide bonds. The molecular formula is C21H33IN6OS. The first-order valence-electron chi connectivity index (χ1n) is 10.4. The van der Waals surface area contributed by atoms with Gasteiger partial charge in [-0.05, 0) is 42.7 Å². The Morgan fingerprint density at radius 1 is 1.40 bits per heavy atom. The summed E-state index contributed by atoms with van der Waals surface area (Å²) in [6, 6.07) is 2.68. The Morgan fingerprint density at radius 3 is 3.00 bits per heavy atom. The quantitative estimate of drug-likeness (QED) is 0.343. The molecule has 2 aliphatic rings. The van der Waals surface area contributed by atoms with Crippen LogP contribution in [0.2, 0.25) is 0 Å². The number of aliphatic imine (C=N–C) groups is 1. The fourth-order valence-corrected chi connectivity index (χ4v) is 5.39. The van der Waals surface area contributed by atoms with Crippen LogP contribution in [0, 0.1) is 5.41 Å². The van der Waals surface area contributed by atoms with Crippen molar-refractivity contribution in [1.29, 1.82) is 0 Å². The third-order valence-electron chi connectivity index (χ3n) is 5.82. The van der Waals surface area contributed by atoms with Gasteiger partial charge in [-0.1, -0.05) is 13.8 Å². The van der Waals surface area contributed by atoms with Gasteiger partial charge in [0, 0.05) is 36.4 Å². The van der Waals surface area contributed by atoms with Gasteiger partial charge < -0.3 is 15.4 Å². The Balaban J connectivity index is 0.00000256. The first-order valence-corrected chi connectivity index (χ1v) is 11.3. The van der Waals surface area contributed by atoms with E-state index in [9.17, 15) is 0 Å². The van der Waals surface area contributed by atoms with E-state index in [0.717, 1.165) is 43.5 Å². The average molecular weight is 545 g/mol. The molecule has 2 N–H and O–H groups in total. The van der Waals surface area contributed by atoms with Gasteiger partial charge in [0.1, 0.15) is 12.4 Å². The van der Waals surface area contributed by atoms with E-state index in [4.69, 9.17) is 4.74 Å². The molecule has 1 aliphatic carbocycles. The predicted octanol–water partition coefficient (Wildman–Crippen LogP) is 3.30. The largest absolute Gasteiger partial charge is 0.377 e. The molecule has 1 unspecified atom stereocenters. The second kappa shape index (κ2) is 9.95. The molecule has 4 rings (SSSR count). The first-order chi connectivity index (χ1) is 14.0. The maximum Gasteiger partial charge on any atom is 0.191 e. The monoisotopic (exact) mass is 544 g/mol. The van der Waals surface area contributed by atoms with Crippen LogP contribution in [-0.2, 0) is 43.7 Å². The lowest BCUT2D eigenvalue weighted by Gasteiger charge is -2.29. The Hall–Kier alpha value is -1.20. The number of hydrogen-bond donors (Lipinski definition) is 2. The summed E-state index contributed by atoms with van der Waals surface area (Å²) < 4.78 is 7.15. The minimum atomic E-state index is 0. The fourth-order valence-electron chi connectivity index (χ4n) is 4.26. The van der Waals surface area contributed by atoms with Crippen molar-refractivity contribution >= 4 is 41.3 Å². The molecule has 30 heavy (non-hydrogen) atoms. The lowest BCUT2D eigenvalue weighted by molar-refractivity contribution is 0.177. The van der Waals surface area contributed by atoms with Crippen LogP contribution >= 0.6 is 35.3 Å².